The molecule has 1 aromatic heterocycles. The molecule has 0 aliphatic rings. The third kappa shape index (κ3) is 4.06. The number of rotatable bonds is 4. The molecule has 0 unspecified atom stereocenters. The first-order valence-corrected chi connectivity index (χ1v) is 7.62. The van der Waals surface area contributed by atoms with Gasteiger partial charge in [0.15, 0.2) is 6.10 Å². The molecule has 2 rings (SSSR count). The number of amides is 1. The van der Waals surface area contributed by atoms with E-state index in [1.54, 1.807) is 11.4 Å². The van der Waals surface area contributed by atoms with Gasteiger partial charge >= 0.3 is 5.97 Å². The van der Waals surface area contributed by atoms with E-state index in [0.717, 1.165) is 12.1 Å². The second-order valence-corrected chi connectivity index (χ2v) is 5.79. The molecule has 0 aliphatic heterocycles. The summed E-state index contributed by atoms with van der Waals surface area (Å²) in [4.78, 5) is 23.9. The number of benzene rings is 1. The molecule has 1 atom stereocenters. The van der Waals surface area contributed by atoms with Crippen LogP contribution in [-0.4, -0.2) is 18.0 Å². The Kier molecular flexibility index (Phi) is 5.32. The van der Waals surface area contributed by atoms with Gasteiger partial charge in [-0.05, 0) is 36.6 Å². The Morgan fingerprint density at radius 3 is 2.87 bits per heavy atom. The highest BCUT2D eigenvalue weighted by Gasteiger charge is 2.22. The summed E-state index contributed by atoms with van der Waals surface area (Å²) in [6, 6.07) is 6.93. The summed E-state index contributed by atoms with van der Waals surface area (Å²) in [6.45, 7) is 1.34. The van der Waals surface area contributed by atoms with Crippen molar-refractivity contribution in [2.45, 2.75) is 13.0 Å². The molecule has 2 aromatic rings. The average Bonchev–Trinajstić information content (AvgIpc) is 2.96. The Labute approximate surface area is 140 Å². The van der Waals surface area contributed by atoms with E-state index in [4.69, 9.17) is 21.6 Å². The maximum Gasteiger partial charge on any atom is 0.341 e. The highest BCUT2D eigenvalue weighted by atomic mass is 35.5. The molecule has 1 amide bonds. The van der Waals surface area contributed by atoms with Crippen LogP contribution in [0.3, 0.4) is 0 Å². The zero-order valence-corrected chi connectivity index (χ0v) is 13.4. The van der Waals surface area contributed by atoms with Gasteiger partial charge in [0.05, 0.1) is 11.1 Å². The van der Waals surface area contributed by atoms with E-state index in [-0.39, 0.29) is 10.6 Å². The maximum absolute atomic E-state index is 13.6. The fraction of sp³-hybridized carbons (Fsp3) is 0.133. The molecule has 1 aromatic carbocycles. The molecule has 0 saturated heterocycles. The second kappa shape index (κ2) is 7.22. The Morgan fingerprint density at radius 2 is 2.17 bits per heavy atom. The number of carbonyl (C=O) groups is 2. The summed E-state index contributed by atoms with van der Waals surface area (Å²) in [7, 11) is 0. The molecule has 23 heavy (non-hydrogen) atoms. The molecule has 5 nitrogen and oxygen atoms in total. The number of ether oxygens (including phenoxy) is 1. The summed E-state index contributed by atoms with van der Waals surface area (Å²) < 4.78 is 18.5. The summed E-state index contributed by atoms with van der Waals surface area (Å²) in [5, 5.41) is 13.5. The van der Waals surface area contributed by atoms with Crippen LogP contribution in [-0.2, 0) is 9.53 Å². The number of anilines is 1. The van der Waals surface area contributed by atoms with Gasteiger partial charge in [-0.1, -0.05) is 11.6 Å². The predicted molar refractivity (Wildman–Crippen MR) is 84.0 cm³/mol. The lowest BCUT2D eigenvalue weighted by Gasteiger charge is -2.13. The van der Waals surface area contributed by atoms with Crippen LogP contribution >= 0.6 is 22.9 Å². The fourth-order valence-corrected chi connectivity index (χ4v) is 2.55. The minimum Gasteiger partial charge on any atom is -0.449 e. The monoisotopic (exact) mass is 352 g/mol. The molecule has 0 fully saturated rings. The van der Waals surface area contributed by atoms with Crippen molar-refractivity contribution >= 4 is 39.8 Å². The molecular weight excluding hydrogens is 343 g/mol. The second-order valence-electron chi connectivity index (χ2n) is 4.44. The normalized spacial score (nSPS) is 11.4. The number of carbonyl (C=O) groups excluding carboxylic acids is 2. The maximum atomic E-state index is 13.6. The highest BCUT2D eigenvalue weighted by Crippen LogP contribution is 2.22. The van der Waals surface area contributed by atoms with Gasteiger partial charge in [-0.2, -0.15) is 5.26 Å². The molecule has 8 heteroatoms. The molecule has 0 radical (unpaired) electrons. The van der Waals surface area contributed by atoms with Crippen molar-refractivity contribution < 1.29 is 18.7 Å². The van der Waals surface area contributed by atoms with E-state index in [0.29, 0.717) is 10.6 Å². The summed E-state index contributed by atoms with van der Waals surface area (Å²) in [5.41, 5.74) is -0.0475. The lowest BCUT2D eigenvalue weighted by Crippen LogP contribution is -2.30. The van der Waals surface area contributed by atoms with Gasteiger partial charge in [-0.15, -0.1) is 11.3 Å². The van der Waals surface area contributed by atoms with Gasteiger partial charge in [-0.3, -0.25) is 4.79 Å². The van der Waals surface area contributed by atoms with Crippen LogP contribution in [0.2, 0.25) is 5.02 Å². The topological polar surface area (TPSA) is 79.2 Å². The molecule has 1 heterocycles. The van der Waals surface area contributed by atoms with Crippen molar-refractivity contribution in [2.75, 3.05) is 5.32 Å². The van der Waals surface area contributed by atoms with Crippen molar-refractivity contribution in [3.63, 3.8) is 0 Å². The minimum atomic E-state index is -1.17. The number of esters is 1. The molecule has 0 spiro atoms. The van der Waals surface area contributed by atoms with Crippen LogP contribution in [0.5, 0.6) is 0 Å². The van der Waals surface area contributed by atoms with Crippen LogP contribution < -0.4 is 5.32 Å². The van der Waals surface area contributed by atoms with E-state index in [2.05, 4.69) is 5.32 Å². The summed E-state index contributed by atoms with van der Waals surface area (Å²) in [6.07, 6.45) is -1.17. The number of hydrogen-bond acceptors (Lipinski definition) is 5. The average molecular weight is 353 g/mol. The Morgan fingerprint density at radius 1 is 1.43 bits per heavy atom. The van der Waals surface area contributed by atoms with E-state index < -0.39 is 23.8 Å². The third-order valence-electron chi connectivity index (χ3n) is 2.82. The largest absolute Gasteiger partial charge is 0.449 e. The quantitative estimate of drug-likeness (QED) is 0.853. The van der Waals surface area contributed by atoms with Gasteiger partial charge in [0.2, 0.25) is 0 Å². The molecule has 0 aliphatic carbocycles. The van der Waals surface area contributed by atoms with E-state index in [1.807, 2.05) is 6.07 Å². The van der Waals surface area contributed by atoms with Crippen molar-refractivity contribution in [2.24, 2.45) is 0 Å². The van der Waals surface area contributed by atoms with E-state index in [9.17, 15) is 14.0 Å². The van der Waals surface area contributed by atoms with E-state index >= 15 is 0 Å². The first kappa shape index (κ1) is 16.9. The zero-order chi connectivity index (χ0) is 17.0. The zero-order valence-electron chi connectivity index (χ0n) is 11.8. The Hall–Kier alpha value is -2.43. The van der Waals surface area contributed by atoms with Gasteiger partial charge in [0, 0.05) is 5.02 Å². The number of hydrogen-bond donors (Lipinski definition) is 1. The van der Waals surface area contributed by atoms with Crippen molar-refractivity contribution in [3.8, 4) is 6.07 Å². The smallest absolute Gasteiger partial charge is 0.341 e. The number of nitrogens with one attached hydrogen (secondary N) is 1. The lowest BCUT2D eigenvalue weighted by molar-refractivity contribution is -0.123. The Bertz CT molecular complexity index is 800. The van der Waals surface area contributed by atoms with Crippen LogP contribution in [0.15, 0.2) is 29.6 Å². The van der Waals surface area contributed by atoms with Crippen LogP contribution in [0, 0.1) is 17.1 Å². The van der Waals surface area contributed by atoms with Gasteiger partial charge in [0.25, 0.3) is 5.91 Å². The summed E-state index contributed by atoms with van der Waals surface area (Å²) in [5.74, 6) is -2.42. The number of halogens is 2. The Balaban J connectivity index is 2.05. The van der Waals surface area contributed by atoms with Crippen molar-refractivity contribution in [1.29, 1.82) is 5.26 Å². The SMILES string of the molecule is C[C@H](OC(=O)c1cc(Cl)ccc1F)C(=O)Nc1sccc1C#N. The van der Waals surface area contributed by atoms with Crippen LogP contribution in [0.25, 0.3) is 0 Å². The lowest BCUT2D eigenvalue weighted by atomic mass is 10.2. The standard InChI is InChI=1S/C15H10ClFN2O3S/c1-8(13(20)19-14-9(7-18)4-5-23-14)22-15(21)11-6-10(16)2-3-12(11)17/h2-6,8H,1H3,(H,19,20)/t8-/m0/s1. The number of nitrogens with zero attached hydrogens (tertiary/aromatic N) is 1. The first-order chi connectivity index (χ1) is 10.9. The van der Waals surface area contributed by atoms with E-state index in [1.165, 1.54) is 24.3 Å². The molecule has 1 N–H and O–H groups in total. The van der Waals surface area contributed by atoms with Crippen LogP contribution in [0.1, 0.15) is 22.8 Å². The minimum absolute atomic E-state index is 0.174. The summed E-state index contributed by atoms with van der Waals surface area (Å²) >= 11 is 6.87. The first-order valence-electron chi connectivity index (χ1n) is 6.37. The van der Waals surface area contributed by atoms with Gasteiger partial charge in [-0.25, -0.2) is 9.18 Å². The number of nitriles is 1. The van der Waals surface area contributed by atoms with Crippen molar-refractivity contribution in [1.82, 2.24) is 0 Å². The van der Waals surface area contributed by atoms with Crippen molar-refractivity contribution in [3.05, 3.63) is 51.6 Å². The molecular formula is C15H10ClFN2O3S. The highest BCUT2D eigenvalue weighted by molar-refractivity contribution is 7.14. The number of thiophene rings is 1. The molecule has 0 saturated carbocycles. The molecule has 118 valence electrons. The predicted octanol–water partition coefficient (Wildman–Crippen LogP) is 3.60. The fourth-order valence-electron chi connectivity index (χ4n) is 1.64. The van der Waals surface area contributed by atoms with Gasteiger partial charge < -0.3 is 10.1 Å². The third-order valence-corrected chi connectivity index (χ3v) is 3.89. The van der Waals surface area contributed by atoms with Crippen LogP contribution in [0.4, 0.5) is 9.39 Å². The van der Waals surface area contributed by atoms with Gasteiger partial charge in [0.1, 0.15) is 16.9 Å². The molecule has 0 bridgehead atoms.